The molecule has 0 unspecified atom stereocenters. The van der Waals surface area contributed by atoms with Crippen molar-refractivity contribution in [2.24, 2.45) is 0 Å². The first-order chi connectivity index (χ1) is 8.48. The van der Waals surface area contributed by atoms with Gasteiger partial charge in [-0.25, -0.2) is 0 Å². The van der Waals surface area contributed by atoms with Crippen molar-refractivity contribution in [2.45, 2.75) is 50.2 Å². The molecule has 0 aliphatic rings. The quantitative estimate of drug-likeness (QED) is 0.784. The molecule has 18 heavy (non-hydrogen) atoms. The maximum Gasteiger partial charge on any atom is 0.251 e. The van der Waals surface area contributed by atoms with Gasteiger partial charge in [0.15, 0.2) is 0 Å². The van der Waals surface area contributed by atoms with Crippen LogP contribution in [0, 0.1) is 0 Å². The number of benzene rings is 1. The Morgan fingerprint density at radius 1 is 1.22 bits per heavy atom. The molecule has 2 nitrogen and oxygen atoms in total. The summed E-state index contributed by atoms with van der Waals surface area (Å²) in [6.07, 6.45) is 2.08. The lowest BCUT2D eigenvalue weighted by atomic mass is 10.1. The maximum atomic E-state index is 11.7. The van der Waals surface area contributed by atoms with Crippen molar-refractivity contribution < 1.29 is 4.79 Å². The van der Waals surface area contributed by atoms with Gasteiger partial charge in [-0.05, 0) is 37.1 Å². The number of nitrogens with one attached hydrogen (secondary N) is 1. The topological polar surface area (TPSA) is 29.1 Å². The third-order valence-electron chi connectivity index (χ3n) is 2.90. The van der Waals surface area contributed by atoms with Crippen molar-refractivity contribution in [3.05, 3.63) is 29.8 Å². The second-order valence-electron chi connectivity index (χ2n) is 5.00. The summed E-state index contributed by atoms with van der Waals surface area (Å²) in [4.78, 5) is 13.0. The molecule has 1 N–H and O–H groups in total. The van der Waals surface area contributed by atoms with Crippen LogP contribution in [0.25, 0.3) is 0 Å². The largest absolute Gasteiger partial charge is 0.352 e. The van der Waals surface area contributed by atoms with Crippen LogP contribution in [0.1, 0.15) is 50.9 Å². The zero-order valence-electron chi connectivity index (χ0n) is 11.7. The van der Waals surface area contributed by atoms with Crippen LogP contribution in [0.15, 0.2) is 29.2 Å². The van der Waals surface area contributed by atoms with Crippen LogP contribution >= 0.6 is 11.8 Å². The highest BCUT2D eigenvalue weighted by Crippen LogP contribution is 2.34. The molecular weight excluding hydrogens is 242 g/mol. The lowest BCUT2D eigenvalue weighted by Crippen LogP contribution is -2.23. The molecule has 0 radical (unpaired) electrons. The second-order valence-corrected chi connectivity index (χ2v) is 6.78. The van der Waals surface area contributed by atoms with E-state index in [4.69, 9.17) is 0 Å². The van der Waals surface area contributed by atoms with Crippen LogP contribution in [-0.4, -0.2) is 17.2 Å². The standard InChI is InChI=1S/C15H23NOS/c1-5-11-16-14(17)12-7-9-13(10-8-12)18-15(3,4)6-2/h7-10H,5-6,11H2,1-4H3,(H,16,17). The molecule has 1 aromatic carbocycles. The summed E-state index contributed by atoms with van der Waals surface area (Å²) in [5.74, 6) is 0.0168. The minimum atomic E-state index is 0.0168. The summed E-state index contributed by atoms with van der Waals surface area (Å²) in [5, 5.41) is 2.88. The Labute approximate surface area is 115 Å². The van der Waals surface area contributed by atoms with Crippen molar-refractivity contribution in [1.82, 2.24) is 5.32 Å². The fourth-order valence-electron chi connectivity index (χ4n) is 1.41. The highest BCUT2D eigenvalue weighted by Gasteiger charge is 2.16. The number of rotatable bonds is 6. The molecule has 100 valence electrons. The fourth-order valence-corrected chi connectivity index (χ4v) is 2.46. The number of hydrogen-bond donors (Lipinski definition) is 1. The Morgan fingerprint density at radius 2 is 1.83 bits per heavy atom. The summed E-state index contributed by atoms with van der Waals surface area (Å²) in [6, 6.07) is 7.87. The van der Waals surface area contributed by atoms with E-state index >= 15 is 0 Å². The van der Waals surface area contributed by atoms with Gasteiger partial charge in [-0.3, -0.25) is 4.79 Å². The van der Waals surface area contributed by atoms with Crippen LogP contribution in [0.5, 0.6) is 0 Å². The summed E-state index contributed by atoms with van der Waals surface area (Å²) in [6.45, 7) is 9.45. The minimum absolute atomic E-state index is 0.0168. The second kappa shape index (κ2) is 6.83. The third-order valence-corrected chi connectivity index (χ3v) is 4.25. The summed E-state index contributed by atoms with van der Waals surface area (Å²) < 4.78 is 0.242. The first-order valence-corrected chi connectivity index (χ1v) is 7.37. The molecule has 1 aromatic rings. The Bertz CT molecular complexity index is 384. The van der Waals surface area contributed by atoms with E-state index in [0.717, 1.165) is 24.9 Å². The minimum Gasteiger partial charge on any atom is -0.352 e. The fraction of sp³-hybridized carbons (Fsp3) is 0.533. The van der Waals surface area contributed by atoms with Crippen molar-refractivity contribution in [1.29, 1.82) is 0 Å². The first kappa shape index (κ1) is 15.1. The van der Waals surface area contributed by atoms with E-state index in [9.17, 15) is 4.79 Å². The monoisotopic (exact) mass is 265 g/mol. The Morgan fingerprint density at radius 3 is 2.33 bits per heavy atom. The molecule has 3 heteroatoms. The average Bonchev–Trinajstić information content (AvgIpc) is 2.36. The number of hydrogen-bond acceptors (Lipinski definition) is 2. The number of amides is 1. The maximum absolute atomic E-state index is 11.7. The number of carbonyl (C=O) groups excluding carboxylic acids is 1. The first-order valence-electron chi connectivity index (χ1n) is 6.56. The molecule has 0 bridgehead atoms. The molecule has 0 aliphatic heterocycles. The summed E-state index contributed by atoms with van der Waals surface area (Å²) in [7, 11) is 0. The van der Waals surface area contributed by atoms with Crippen molar-refractivity contribution in [3.8, 4) is 0 Å². The lowest BCUT2D eigenvalue weighted by molar-refractivity contribution is 0.0953. The zero-order chi connectivity index (χ0) is 13.6. The predicted octanol–water partition coefficient (Wildman–Crippen LogP) is 4.11. The van der Waals surface area contributed by atoms with Crippen molar-refractivity contribution in [2.75, 3.05) is 6.54 Å². The van der Waals surface area contributed by atoms with E-state index in [1.165, 1.54) is 4.90 Å². The molecule has 0 saturated carbocycles. The smallest absolute Gasteiger partial charge is 0.251 e. The molecule has 0 saturated heterocycles. The van der Waals surface area contributed by atoms with Gasteiger partial charge in [0.2, 0.25) is 0 Å². The molecule has 0 spiro atoms. The van der Waals surface area contributed by atoms with Crippen LogP contribution in [0.4, 0.5) is 0 Å². The molecule has 0 heterocycles. The van der Waals surface area contributed by atoms with Gasteiger partial charge >= 0.3 is 0 Å². The van der Waals surface area contributed by atoms with Gasteiger partial charge in [-0.1, -0.05) is 27.7 Å². The van der Waals surface area contributed by atoms with Gasteiger partial charge in [-0.2, -0.15) is 0 Å². The summed E-state index contributed by atoms with van der Waals surface area (Å²) in [5.41, 5.74) is 0.738. The van der Waals surface area contributed by atoms with E-state index in [0.29, 0.717) is 0 Å². The zero-order valence-corrected chi connectivity index (χ0v) is 12.6. The van der Waals surface area contributed by atoms with Crippen LogP contribution in [-0.2, 0) is 0 Å². The van der Waals surface area contributed by atoms with E-state index < -0.39 is 0 Å². The van der Waals surface area contributed by atoms with E-state index in [1.807, 2.05) is 43.0 Å². The molecule has 1 rings (SSSR count). The van der Waals surface area contributed by atoms with Crippen molar-refractivity contribution in [3.63, 3.8) is 0 Å². The molecule has 0 aromatic heterocycles. The van der Waals surface area contributed by atoms with Crippen LogP contribution in [0.2, 0.25) is 0 Å². The predicted molar refractivity (Wildman–Crippen MR) is 79.3 cm³/mol. The highest BCUT2D eigenvalue weighted by atomic mass is 32.2. The van der Waals surface area contributed by atoms with Crippen LogP contribution in [0.3, 0.4) is 0 Å². The van der Waals surface area contributed by atoms with E-state index in [2.05, 4.69) is 26.1 Å². The highest BCUT2D eigenvalue weighted by molar-refractivity contribution is 8.00. The Balaban J connectivity index is 2.65. The van der Waals surface area contributed by atoms with E-state index in [1.54, 1.807) is 0 Å². The van der Waals surface area contributed by atoms with Gasteiger partial charge in [0.25, 0.3) is 5.91 Å². The van der Waals surface area contributed by atoms with Gasteiger partial charge < -0.3 is 5.32 Å². The van der Waals surface area contributed by atoms with Crippen LogP contribution < -0.4 is 5.32 Å². The SMILES string of the molecule is CCCNC(=O)c1ccc(SC(C)(C)CC)cc1. The Hall–Kier alpha value is -0.960. The average molecular weight is 265 g/mol. The number of thioether (sulfide) groups is 1. The Kier molecular flexibility index (Phi) is 5.73. The van der Waals surface area contributed by atoms with Gasteiger partial charge in [0.1, 0.15) is 0 Å². The van der Waals surface area contributed by atoms with Crippen molar-refractivity contribution >= 4 is 17.7 Å². The molecule has 1 amide bonds. The molecule has 0 atom stereocenters. The molecule has 0 aliphatic carbocycles. The molecule has 0 fully saturated rings. The third kappa shape index (κ3) is 4.73. The van der Waals surface area contributed by atoms with Gasteiger partial charge in [0.05, 0.1) is 0 Å². The number of carbonyl (C=O) groups is 1. The summed E-state index contributed by atoms with van der Waals surface area (Å²) >= 11 is 1.85. The van der Waals surface area contributed by atoms with E-state index in [-0.39, 0.29) is 10.7 Å². The lowest BCUT2D eigenvalue weighted by Gasteiger charge is -2.21. The van der Waals surface area contributed by atoms with Gasteiger partial charge in [0, 0.05) is 21.8 Å². The molecular formula is C15H23NOS. The van der Waals surface area contributed by atoms with Gasteiger partial charge in [-0.15, -0.1) is 11.8 Å². The normalized spacial score (nSPS) is 11.3.